The third-order valence-electron chi connectivity index (χ3n) is 5.30. The first-order valence-corrected chi connectivity index (χ1v) is 8.32. The lowest BCUT2D eigenvalue weighted by Gasteiger charge is -2.35. The first-order chi connectivity index (χ1) is 11.5. The summed E-state index contributed by atoms with van der Waals surface area (Å²) in [5.41, 5.74) is 1.79. The Labute approximate surface area is 140 Å². The highest BCUT2D eigenvalue weighted by atomic mass is 16.3. The number of hydrogen-bond acceptors (Lipinski definition) is 3. The second-order valence-electron chi connectivity index (χ2n) is 6.70. The van der Waals surface area contributed by atoms with Crippen molar-refractivity contribution < 1.29 is 14.7 Å². The molecule has 1 fully saturated rings. The number of aliphatic hydroxyl groups excluding tert-OH is 1. The van der Waals surface area contributed by atoms with Gasteiger partial charge in [-0.1, -0.05) is 43.2 Å². The first-order valence-electron chi connectivity index (χ1n) is 8.32. The maximum Gasteiger partial charge on any atom is 0.196 e. The molecule has 0 radical (unpaired) electrons. The van der Waals surface area contributed by atoms with Crippen molar-refractivity contribution in [1.82, 2.24) is 4.57 Å². The quantitative estimate of drug-likeness (QED) is 0.854. The van der Waals surface area contributed by atoms with Gasteiger partial charge in [-0.15, -0.1) is 0 Å². The molecule has 2 heterocycles. The second-order valence-corrected chi connectivity index (χ2v) is 6.70. The highest BCUT2D eigenvalue weighted by molar-refractivity contribution is 6.27. The number of allylic oxidation sites excluding steroid dienone is 1. The van der Waals surface area contributed by atoms with Crippen LogP contribution >= 0.6 is 0 Å². The fourth-order valence-corrected chi connectivity index (χ4v) is 4.12. The standard InChI is InChI=1S/C20H19NO3/c1-13(22)17-18(23)16-11-15(14-7-3-2-4-8-14)12-21(16)20(19(17)24)9-5-6-10-20/h2-4,7-8,11-12,23H,5-6,9-10H2,1H3. The Balaban J connectivity index is 1.97. The van der Waals surface area contributed by atoms with E-state index >= 15 is 0 Å². The number of carbonyl (C=O) groups excluding carboxylic acids is 2. The van der Waals surface area contributed by atoms with E-state index in [-0.39, 0.29) is 22.9 Å². The normalized spacial score (nSPS) is 19.0. The molecule has 1 aliphatic heterocycles. The second kappa shape index (κ2) is 5.20. The van der Waals surface area contributed by atoms with E-state index < -0.39 is 5.54 Å². The Morgan fingerprint density at radius 1 is 1.12 bits per heavy atom. The minimum atomic E-state index is -0.713. The average molecular weight is 321 g/mol. The van der Waals surface area contributed by atoms with Gasteiger partial charge in [0, 0.05) is 11.8 Å². The molecule has 4 nitrogen and oxygen atoms in total. The van der Waals surface area contributed by atoms with E-state index in [2.05, 4.69) is 0 Å². The molecule has 0 unspecified atom stereocenters. The van der Waals surface area contributed by atoms with Gasteiger partial charge in [0.2, 0.25) is 0 Å². The predicted molar refractivity (Wildman–Crippen MR) is 91.5 cm³/mol. The molecule has 0 bridgehead atoms. The van der Waals surface area contributed by atoms with Crippen LogP contribution in [0.1, 0.15) is 38.3 Å². The number of rotatable bonds is 2. The molecule has 1 aromatic carbocycles. The van der Waals surface area contributed by atoms with E-state index in [1.165, 1.54) is 6.92 Å². The van der Waals surface area contributed by atoms with Crippen molar-refractivity contribution in [2.24, 2.45) is 0 Å². The number of aromatic nitrogens is 1. The fraction of sp³-hybridized carbons (Fsp3) is 0.300. The maximum atomic E-state index is 13.1. The van der Waals surface area contributed by atoms with Crippen molar-refractivity contribution in [3.63, 3.8) is 0 Å². The van der Waals surface area contributed by atoms with Crippen LogP contribution in [0, 0.1) is 0 Å². The Bertz CT molecular complexity index is 868. The molecule has 24 heavy (non-hydrogen) atoms. The number of hydrogen-bond donors (Lipinski definition) is 1. The highest BCUT2D eigenvalue weighted by Gasteiger charge is 2.50. The molecule has 0 saturated heterocycles. The third kappa shape index (κ3) is 1.92. The Morgan fingerprint density at radius 3 is 2.42 bits per heavy atom. The third-order valence-corrected chi connectivity index (χ3v) is 5.30. The highest BCUT2D eigenvalue weighted by Crippen LogP contribution is 2.46. The predicted octanol–water partition coefficient (Wildman–Crippen LogP) is 3.87. The van der Waals surface area contributed by atoms with Gasteiger partial charge >= 0.3 is 0 Å². The number of benzene rings is 1. The Hall–Kier alpha value is -2.62. The lowest BCUT2D eigenvalue weighted by molar-refractivity contribution is -0.127. The van der Waals surface area contributed by atoms with Crippen LogP contribution in [0.4, 0.5) is 0 Å². The molecule has 2 aliphatic rings. The van der Waals surface area contributed by atoms with Crippen molar-refractivity contribution in [1.29, 1.82) is 0 Å². The van der Waals surface area contributed by atoms with Crippen LogP contribution in [0.2, 0.25) is 0 Å². The Morgan fingerprint density at radius 2 is 1.79 bits per heavy atom. The van der Waals surface area contributed by atoms with Crippen molar-refractivity contribution in [2.45, 2.75) is 38.1 Å². The molecule has 1 aromatic heterocycles. The summed E-state index contributed by atoms with van der Waals surface area (Å²) < 4.78 is 1.91. The van der Waals surface area contributed by atoms with Crippen molar-refractivity contribution in [3.05, 3.63) is 53.9 Å². The zero-order valence-electron chi connectivity index (χ0n) is 13.6. The number of fused-ring (bicyclic) bond motifs is 2. The molecule has 1 spiro atoms. The van der Waals surface area contributed by atoms with Gasteiger partial charge in [0.25, 0.3) is 0 Å². The monoisotopic (exact) mass is 321 g/mol. The van der Waals surface area contributed by atoms with Crippen LogP contribution in [-0.2, 0) is 15.1 Å². The van der Waals surface area contributed by atoms with Crippen molar-refractivity contribution in [2.75, 3.05) is 0 Å². The molecule has 0 atom stereocenters. The molecule has 1 saturated carbocycles. The van der Waals surface area contributed by atoms with Crippen molar-refractivity contribution in [3.8, 4) is 11.1 Å². The molecule has 122 valence electrons. The van der Waals surface area contributed by atoms with Crippen molar-refractivity contribution >= 4 is 17.3 Å². The molecule has 4 heteroatoms. The molecule has 1 aliphatic carbocycles. The fourth-order valence-electron chi connectivity index (χ4n) is 4.12. The summed E-state index contributed by atoms with van der Waals surface area (Å²) in [5.74, 6) is -0.780. The van der Waals surface area contributed by atoms with Crippen LogP contribution in [0.15, 0.2) is 48.2 Å². The lowest BCUT2D eigenvalue weighted by atomic mass is 9.82. The van der Waals surface area contributed by atoms with E-state index in [1.54, 1.807) is 0 Å². The Kier molecular flexibility index (Phi) is 3.23. The van der Waals surface area contributed by atoms with Gasteiger partial charge in [-0.25, -0.2) is 0 Å². The van der Waals surface area contributed by atoms with E-state index in [9.17, 15) is 14.7 Å². The van der Waals surface area contributed by atoms with Gasteiger partial charge in [-0.3, -0.25) is 9.59 Å². The van der Waals surface area contributed by atoms with E-state index in [0.29, 0.717) is 18.5 Å². The molecule has 0 amide bonds. The lowest BCUT2D eigenvalue weighted by Crippen LogP contribution is -2.45. The van der Waals surface area contributed by atoms with Crippen LogP contribution in [0.5, 0.6) is 0 Å². The van der Waals surface area contributed by atoms with Gasteiger partial charge in [-0.2, -0.15) is 0 Å². The summed E-state index contributed by atoms with van der Waals surface area (Å²) >= 11 is 0. The van der Waals surface area contributed by atoms with Crippen LogP contribution < -0.4 is 0 Å². The van der Waals surface area contributed by atoms with E-state index in [4.69, 9.17) is 0 Å². The molecule has 1 N–H and O–H groups in total. The summed E-state index contributed by atoms with van der Waals surface area (Å²) in [6.45, 7) is 1.35. The number of carbonyl (C=O) groups is 2. The summed E-state index contributed by atoms with van der Waals surface area (Å²) in [4.78, 5) is 25.0. The summed E-state index contributed by atoms with van der Waals surface area (Å²) in [6.07, 6.45) is 5.28. The number of aliphatic hydroxyl groups is 1. The number of ketones is 2. The van der Waals surface area contributed by atoms with E-state index in [1.807, 2.05) is 47.2 Å². The minimum absolute atomic E-state index is 0.0397. The molecular weight excluding hydrogens is 302 g/mol. The molecule has 4 rings (SSSR count). The van der Waals surface area contributed by atoms with Gasteiger partial charge in [0.05, 0.1) is 5.69 Å². The van der Waals surface area contributed by atoms with Gasteiger partial charge in [0.1, 0.15) is 11.1 Å². The number of Topliss-reactive ketones (excluding diaryl/α,β-unsaturated/α-hetero) is 2. The SMILES string of the molecule is CC(=O)C1=C(O)c2cc(-c3ccccc3)cn2C2(CCCC2)C1=O. The van der Waals surface area contributed by atoms with Crippen LogP contribution in [0.25, 0.3) is 16.9 Å². The topological polar surface area (TPSA) is 59.3 Å². The van der Waals surface area contributed by atoms with Crippen LogP contribution in [-0.4, -0.2) is 21.2 Å². The average Bonchev–Trinajstić information content (AvgIpc) is 3.22. The van der Waals surface area contributed by atoms with Gasteiger partial charge < -0.3 is 9.67 Å². The smallest absolute Gasteiger partial charge is 0.196 e. The molecular formula is C20H19NO3. The first kappa shape index (κ1) is 14.9. The minimum Gasteiger partial charge on any atom is -0.505 e. The van der Waals surface area contributed by atoms with E-state index in [0.717, 1.165) is 24.0 Å². The zero-order chi connectivity index (χ0) is 16.9. The van der Waals surface area contributed by atoms with Gasteiger partial charge in [-0.05, 0) is 31.4 Å². The zero-order valence-corrected chi connectivity index (χ0v) is 13.6. The largest absolute Gasteiger partial charge is 0.505 e. The van der Waals surface area contributed by atoms with Gasteiger partial charge in [0.15, 0.2) is 17.3 Å². The summed E-state index contributed by atoms with van der Waals surface area (Å²) in [7, 11) is 0. The maximum absolute atomic E-state index is 13.1. The molecule has 2 aromatic rings. The van der Waals surface area contributed by atoms with Crippen LogP contribution in [0.3, 0.4) is 0 Å². The number of nitrogens with zero attached hydrogens (tertiary/aromatic N) is 1. The summed E-state index contributed by atoms with van der Waals surface area (Å²) in [6, 6.07) is 11.7. The summed E-state index contributed by atoms with van der Waals surface area (Å²) in [5, 5.41) is 10.6.